The highest BCUT2D eigenvalue weighted by atomic mass is 16.5. The Labute approximate surface area is 144 Å². The normalized spacial score (nSPS) is 11.6. The first-order valence-electron chi connectivity index (χ1n) is 8.33. The van der Waals surface area contributed by atoms with Gasteiger partial charge >= 0.3 is 0 Å². The summed E-state index contributed by atoms with van der Waals surface area (Å²) in [6.45, 7) is 5.31. The van der Waals surface area contributed by atoms with E-state index in [0.29, 0.717) is 12.3 Å². The highest BCUT2D eigenvalue weighted by Gasteiger charge is 2.13. The third-order valence-electron chi connectivity index (χ3n) is 3.87. The standard InChI is InChI=1S/C20H26N2O2/c1-16-10-12-19(13-11-16)24-17(2)20(23)21-14-7-15-22(3)18-8-5-4-6-9-18/h4-6,8-13,17H,7,14-15H2,1-3H3,(H,21,23)/t17-/m1/s1. The van der Waals surface area contributed by atoms with Gasteiger partial charge < -0.3 is 15.0 Å². The summed E-state index contributed by atoms with van der Waals surface area (Å²) in [5.41, 5.74) is 2.35. The van der Waals surface area contributed by atoms with Crippen LogP contribution in [0.2, 0.25) is 0 Å². The van der Waals surface area contributed by atoms with Gasteiger partial charge in [0.15, 0.2) is 6.10 Å². The molecule has 0 aromatic heterocycles. The molecule has 0 saturated heterocycles. The summed E-state index contributed by atoms with van der Waals surface area (Å²) in [6.07, 6.45) is 0.383. The van der Waals surface area contributed by atoms with Crippen molar-refractivity contribution in [2.24, 2.45) is 0 Å². The summed E-state index contributed by atoms with van der Waals surface area (Å²) < 4.78 is 5.66. The second kappa shape index (κ2) is 8.96. The number of aryl methyl sites for hydroxylation is 1. The van der Waals surface area contributed by atoms with E-state index in [0.717, 1.165) is 13.0 Å². The largest absolute Gasteiger partial charge is 0.481 e. The fourth-order valence-electron chi connectivity index (χ4n) is 2.36. The number of carbonyl (C=O) groups excluding carboxylic acids is 1. The van der Waals surface area contributed by atoms with E-state index in [9.17, 15) is 4.79 Å². The van der Waals surface area contributed by atoms with Gasteiger partial charge in [-0.1, -0.05) is 35.9 Å². The first kappa shape index (κ1) is 17.9. The number of nitrogens with one attached hydrogen (secondary N) is 1. The van der Waals surface area contributed by atoms with Crippen molar-refractivity contribution < 1.29 is 9.53 Å². The van der Waals surface area contributed by atoms with E-state index in [2.05, 4.69) is 29.4 Å². The molecular weight excluding hydrogens is 300 g/mol. The molecule has 0 fully saturated rings. The molecule has 4 nitrogen and oxygen atoms in total. The average molecular weight is 326 g/mol. The lowest BCUT2D eigenvalue weighted by Gasteiger charge is -2.19. The molecule has 0 aliphatic rings. The molecule has 0 aliphatic heterocycles. The highest BCUT2D eigenvalue weighted by Crippen LogP contribution is 2.13. The molecule has 2 aromatic carbocycles. The third kappa shape index (κ3) is 5.61. The Bertz CT molecular complexity index is 626. The number of para-hydroxylation sites is 1. The molecule has 2 rings (SSSR count). The van der Waals surface area contributed by atoms with E-state index >= 15 is 0 Å². The van der Waals surface area contributed by atoms with Crippen LogP contribution in [0.5, 0.6) is 5.75 Å². The maximum Gasteiger partial charge on any atom is 0.260 e. The van der Waals surface area contributed by atoms with Gasteiger partial charge in [0.05, 0.1) is 0 Å². The summed E-state index contributed by atoms with van der Waals surface area (Å²) in [5.74, 6) is 0.630. The topological polar surface area (TPSA) is 41.6 Å². The molecule has 0 radical (unpaired) electrons. The number of amides is 1. The smallest absolute Gasteiger partial charge is 0.260 e. The maximum atomic E-state index is 12.1. The fraction of sp³-hybridized carbons (Fsp3) is 0.350. The van der Waals surface area contributed by atoms with Crippen molar-refractivity contribution in [3.8, 4) is 5.75 Å². The van der Waals surface area contributed by atoms with E-state index in [1.54, 1.807) is 6.92 Å². The molecular formula is C20H26N2O2. The van der Waals surface area contributed by atoms with Crippen molar-refractivity contribution >= 4 is 11.6 Å². The van der Waals surface area contributed by atoms with Gasteiger partial charge in [-0.3, -0.25) is 4.79 Å². The molecule has 0 saturated carbocycles. The maximum absolute atomic E-state index is 12.1. The van der Waals surface area contributed by atoms with Gasteiger partial charge in [0.25, 0.3) is 5.91 Å². The van der Waals surface area contributed by atoms with Crippen LogP contribution in [-0.4, -0.2) is 32.1 Å². The van der Waals surface area contributed by atoms with Crippen molar-refractivity contribution in [2.45, 2.75) is 26.4 Å². The summed E-state index contributed by atoms with van der Waals surface area (Å²) in [6, 6.07) is 17.9. The molecule has 24 heavy (non-hydrogen) atoms. The van der Waals surface area contributed by atoms with Crippen molar-refractivity contribution in [2.75, 3.05) is 25.0 Å². The van der Waals surface area contributed by atoms with Crippen molar-refractivity contribution in [3.63, 3.8) is 0 Å². The van der Waals surface area contributed by atoms with Gasteiger partial charge in [-0.2, -0.15) is 0 Å². The van der Waals surface area contributed by atoms with Crippen LogP contribution in [0.15, 0.2) is 54.6 Å². The Morgan fingerprint density at radius 3 is 2.46 bits per heavy atom. The summed E-state index contributed by atoms with van der Waals surface area (Å²) >= 11 is 0. The number of benzene rings is 2. The molecule has 1 amide bonds. The average Bonchev–Trinajstić information content (AvgIpc) is 2.61. The molecule has 0 spiro atoms. The van der Waals surface area contributed by atoms with Crippen LogP contribution >= 0.6 is 0 Å². The number of carbonyl (C=O) groups is 1. The third-order valence-corrected chi connectivity index (χ3v) is 3.87. The zero-order valence-corrected chi connectivity index (χ0v) is 14.7. The Kier molecular flexibility index (Phi) is 6.67. The Hall–Kier alpha value is -2.49. The zero-order chi connectivity index (χ0) is 17.4. The SMILES string of the molecule is Cc1ccc(O[C@H](C)C(=O)NCCCN(C)c2ccccc2)cc1. The van der Waals surface area contributed by atoms with Gasteiger partial charge in [-0.15, -0.1) is 0 Å². The number of hydrogen-bond donors (Lipinski definition) is 1. The van der Waals surface area contributed by atoms with Crippen molar-refractivity contribution in [3.05, 3.63) is 60.2 Å². The number of anilines is 1. The summed E-state index contributed by atoms with van der Waals surface area (Å²) in [4.78, 5) is 14.3. The van der Waals surface area contributed by atoms with E-state index < -0.39 is 6.10 Å². The van der Waals surface area contributed by atoms with Crippen LogP contribution in [0.25, 0.3) is 0 Å². The van der Waals surface area contributed by atoms with Crippen LogP contribution in [0, 0.1) is 6.92 Å². The van der Waals surface area contributed by atoms with Crippen LogP contribution in [-0.2, 0) is 4.79 Å². The predicted molar refractivity (Wildman–Crippen MR) is 98.6 cm³/mol. The second-order valence-electron chi connectivity index (χ2n) is 5.97. The van der Waals surface area contributed by atoms with E-state index in [1.165, 1.54) is 11.3 Å². The minimum Gasteiger partial charge on any atom is -0.481 e. The molecule has 1 atom stereocenters. The number of ether oxygens (including phenoxy) is 1. The van der Waals surface area contributed by atoms with Crippen LogP contribution < -0.4 is 15.0 Å². The van der Waals surface area contributed by atoms with Crippen LogP contribution in [0.3, 0.4) is 0 Å². The quantitative estimate of drug-likeness (QED) is 0.756. The predicted octanol–water partition coefficient (Wildman–Crippen LogP) is 3.41. The highest BCUT2D eigenvalue weighted by molar-refractivity contribution is 5.80. The zero-order valence-electron chi connectivity index (χ0n) is 14.7. The first-order chi connectivity index (χ1) is 11.6. The van der Waals surface area contributed by atoms with Gasteiger partial charge in [0.2, 0.25) is 0 Å². The van der Waals surface area contributed by atoms with Gasteiger partial charge in [0.1, 0.15) is 5.75 Å². The van der Waals surface area contributed by atoms with Crippen LogP contribution in [0.4, 0.5) is 5.69 Å². The van der Waals surface area contributed by atoms with Gasteiger partial charge in [-0.25, -0.2) is 0 Å². The monoisotopic (exact) mass is 326 g/mol. The van der Waals surface area contributed by atoms with E-state index in [4.69, 9.17) is 4.74 Å². The number of hydrogen-bond acceptors (Lipinski definition) is 3. The van der Waals surface area contributed by atoms with Gasteiger partial charge in [-0.05, 0) is 44.5 Å². The molecule has 0 unspecified atom stereocenters. The summed E-state index contributed by atoms with van der Waals surface area (Å²) in [5, 5.41) is 2.93. The van der Waals surface area contributed by atoms with Crippen molar-refractivity contribution in [1.82, 2.24) is 5.32 Å². The molecule has 128 valence electrons. The molecule has 4 heteroatoms. The molecule has 2 aromatic rings. The van der Waals surface area contributed by atoms with E-state index in [-0.39, 0.29) is 5.91 Å². The van der Waals surface area contributed by atoms with Crippen LogP contribution in [0.1, 0.15) is 18.9 Å². The minimum atomic E-state index is -0.500. The Morgan fingerprint density at radius 2 is 1.79 bits per heavy atom. The number of nitrogens with zero attached hydrogens (tertiary/aromatic N) is 1. The second-order valence-corrected chi connectivity index (χ2v) is 5.97. The Balaban J connectivity index is 1.68. The molecule has 0 bridgehead atoms. The molecule has 0 heterocycles. The minimum absolute atomic E-state index is 0.0852. The Morgan fingerprint density at radius 1 is 1.12 bits per heavy atom. The van der Waals surface area contributed by atoms with Gasteiger partial charge in [0, 0.05) is 25.8 Å². The fourth-order valence-corrected chi connectivity index (χ4v) is 2.36. The first-order valence-corrected chi connectivity index (χ1v) is 8.33. The summed E-state index contributed by atoms with van der Waals surface area (Å²) in [7, 11) is 2.06. The van der Waals surface area contributed by atoms with E-state index in [1.807, 2.05) is 49.4 Å². The number of rotatable bonds is 8. The lowest BCUT2D eigenvalue weighted by atomic mass is 10.2. The lowest BCUT2D eigenvalue weighted by Crippen LogP contribution is -2.37. The molecule has 1 N–H and O–H groups in total. The lowest BCUT2D eigenvalue weighted by molar-refractivity contribution is -0.127. The molecule has 0 aliphatic carbocycles. The van der Waals surface area contributed by atoms with Crippen molar-refractivity contribution in [1.29, 1.82) is 0 Å².